The van der Waals surface area contributed by atoms with Gasteiger partial charge in [0.2, 0.25) is 0 Å². The number of nitriles is 1. The predicted octanol–water partition coefficient (Wildman–Crippen LogP) is 2.38. The van der Waals surface area contributed by atoms with Crippen LogP contribution >= 0.6 is 0 Å². The molecule has 0 bridgehead atoms. The third-order valence-electron chi connectivity index (χ3n) is 1.46. The molecule has 0 spiro atoms. The van der Waals surface area contributed by atoms with Gasteiger partial charge in [0.15, 0.2) is 0 Å². The third kappa shape index (κ3) is 4.34. The molecule has 1 radical (unpaired) electrons. The van der Waals surface area contributed by atoms with Crippen molar-refractivity contribution in [3.8, 4) is 11.8 Å². The Kier molecular flexibility index (Phi) is 6.06. The van der Waals surface area contributed by atoms with E-state index >= 15 is 0 Å². The molecular weight excluding hydrogens is 215 g/mol. The van der Waals surface area contributed by atoms with Crippen LogP contribution in [0.25, 0.3) is 5.73 Å². The molecule has 73 valence electrons. The molecule has 0 fully saturated rings. The van der Waals surface area contributed by atoms with Crippen LogP contribution in [0.3, 0.4) is 0 Å². The molecule has 0 heterocycles. The fourth-order valence-electron chi connectivity index (χ4n) is 0.877. The van der Waals surface area contributed by atoms with Crippen LogP contribution in [-0.4, -0.2) is 12.6 Å². The van der Waals surface area contributed by atoms with E-state index in [0.29, 0.717) is 17.9 Å². The van der Waals surface area contributed by atoms with Gasteiger partial charge in [-0.05, 0) is 18.2 Å². The molecule has 0 amide bonds. The second-order valence-corrected chi connectivity index (χ2v) is 2.85. The Labute approximate surface area is 95.7 Å². The molecule has 0 saturated heterocycles. The largest absolute Gasteiger partial charge is 0.672 e. The number of hydrogen-bond donors (Lipinski definition) is 0. The van der Waals surface area contributed by atoms with Crippen molar-refractivity contribution in [2.75, 3.05) is 6.61 Å². The second kappa shape index (κ2) is 6.50. The second-order valence-electron chi connectivity index (χ2n) is 2.85. The standard InChI is InChI=1S/C10H11N2O.V/c1-8(12)7-13-10-4-2-3-9(5-10)6-11;/h2-5,8,12H,7H2,1H3;/q-1;. The Bertz CT molecular complexity index is 320. The minimum absolute atomic E-state index is 0. The Hall–Kier alpha value is -0.946. The molecule has 1 unspecified atom stereocenters. The van der Waals surface area contributed by atoms with E-state index in [1.165, 1.54) is 0 Å². The average Bonchev–Trinajstić information content (AvgIpc) is 2.15. The maximum atomic E-state index is 8.60. The summed E-state index contributed by atoms with van der Waals surface area (Å²) in [5.41, 5.74) is 7.81. The van der Waals surface area contributed by atoms with Gasteiger partial charge >= 0.3 is 0 Å². The van der Waals surface area contributed by atoms with Crippen molar-refractivity contribution in [3.63, 3.8) is 0 Å². The smallest absolute Gasteiger partial charge is 0.120 e. The SMILES string of the molecule is CC([NH-])COc1cccc(C#N)c1.[V]. The minimum Gasteiger partial charge on any atom is -0.672 e. The molecule has 0 aromatic heterocycles. The Balaban J connectivity index is 0.00000169. The normalized spacial score (nSPS) is 10.9. The van der Waals surface area contributed by atoms with Gasteiger partial charge in [-0.2, -0.15) is 5.26 Å². The number of rotatable bonds is 3. The maximum Gasteiger partial charge on any atom is 0.120 e. The first-order valence-corrected chi connectivity index (χ1v) is 4.06. The molecule has 3 nitrogen and oxygen atoms in total. The number of hydrogen-bond acceptors (Lipinski definition) is 2. The number of nitrogens with zero attached hydrogens (tertiary/aromatic N) is 1. The average molecular weight is 226 g/mol. The molecule has 0 aliphatic heterocycles. The Morgan fingerprint density at radius 1 is 1.57 bits per heavy atom. The van der Waals surface area contributed by atoms with Gasteiger partial charge in [0, 0.05) is 18.6 Å². The summed E-state index contributed by atoms with van der Waals surface area (Å²) in [6.07, 6.45) is 0. The molecular formula is C10H11N2OV-. The van der Waals surface area contributed by atoms with Crippen molar-refractivity contribution in [2.45, 2.75) is 13.0 Å². The van der Waals surface area contributed by atoms with E-state index < -0.39 is 0 Å². The Morgan fingerprint density at radius 2 is 2.29 bits per heavy atom. The van der Waals surface area contributed by atoms with Gasteiger partial charge in [0.1, 0.15) is 5.75 Å². The zero-order valence-electron chi connectivity index (χ0n) is 7.90. The van der Waals surface area contributed by atoms with E-state index in [-0.39, 0.29) is 24.6 Å². The van der Waals surface area contributed by atoms with Gasteiger partial charge in [0.05, 0.1) is 18.2 Å². The van der Waals surface area contributed by atoms with Crippen LogP contribution in [0.5, 0.6) is 5.75 Å². The van der Waals surface area contributed by atoms with Crippen molar-refractivity contribution in [3.05, 3.63) is 35.6 Å². The third-order valence-corrected chi connectivity index (χ3v) is 1.46. The van der Waals surface area contributed by atoms with Crippen LogP contribution in [0.1, 0.15) is 12.5 Å². The van der Waals surface area contributed by atoms with Crippen molar-refractivity contribution in [1.29, 1.82) is 5.26 Å². The number of benzene rings is 1. The summed E-state index contributed by atoms with van der Waals surface area (Å²) in [4.78, 5) is 0. The van der Waals surface area contributed by atoms with Gasteiger partial charge in [-0.1, -0.05) is 13.0 Å². The molecule has 0 saturated carbocycles. The Morgan fingerprint density at radius 3 is 2.86 bits per heavy atom. The molecule has 1 rings (SSSR count). The first kappa shape index (κ1) is 13.1. The molecule has 1 aromatic rings. The van der Waals surface area contributed by atoms with Gasteiger partial charge in [-0.3, -0.25) is 0 Å². The van der Waals surface area contributed by atoms with E-state index in [9.17, 15) is 0 Å². The topological polar surface area (TPSA) is 56.8 Å². The molecule has 14 heavy (non-hydrogen) atoms. The first-order valence-electron chi connectivity index (χ1n) is 4.06. The van der Waals surface area contributed by atoms with E-state index in [1.54, 1.807) is 31.2 Å². The van der Waals surface area contributed by atoms with E-state index in [4.69, 9.17) is 15.7 Å². The quantitative estimate of drug-likeness (QED) is 0.794. The summed E-state index contributed by atoms with van der Waals surface area (Å²) < 4.78 is 5.27. The summed E-state index contributed by atoms with van der Waals surface area (Å²) >= 11 is 0. The number of nitrogens with one attached hydrogen (secondary N) is 1. The van der Waals surface area contributed by atoms with Crippen molar-refractivity contribution < 1.29 is 23.3 Å². The zero-order chi connectivity index (χ0) is 9.68. The molecule has 0 aliphatic rings. The van der Waals surface area contributed by atoms with Crippen LogP contribution in [0, 0.1) is 11.3 Å². The fourth-order valence-corrected chi connectivity index (χ4v) is 0.877. The van der Waals surface area contributed by atoms with Crippen molar-refractivity contribution in [1.82, 2.24) is 0 Å². The fraction of sp³-hybridized carbons (Fsp3) is 0.300. The monoisotopic (exact) mass is 226 g/mol. The van der Waals surface area contributed by atoms with Crippen LogP contribution in [0.2, 0.25) is 0 Å². The van der Waals surface area contributed by atoms with E-state index in [2.05, 4.69) is 0 Å². The van der Waals surface area contributed by atoms with Gasteiger partial charge in [0.25, 0.3) is 0 Å². The van der Waals surface area contributed by atoms with Crippen LogP contribution < -0.4 is 4.74 Å². The summed E-state index contributed by atoms with van der Waals surface area (Å²) in [5.74, 6) is 0.651. The van der Waals surface area contributed by atoms with Crippen molar-refractivity contribution in [2.24, 2.45) is 0 Å². The number of ether oxygens (including phenoxy) is 1. The van der Waals surface area contributed by atoms with Crippen molar-refractivity contribution >= 4 is 0 Å². The zero-order valence-corrected chi connectivity index (χ0v) is 9.29. The van der Waals surface area contributed by atoms with E-state index in [1.807, 2.05) is 6.07 Å². The van der Waals surface area contributed by atoms with E-state index in [0.717, 1.165) is 0 Å². The van der Waals surface area contributed by atoms with Crippen LogP contribution in [-0.2, 0) is 18.6 Å². The van der Waals surface area contributed by atoms with Gasteiger partial charge < -0.3 is 10.5 Å². The molecule has 0 aliphatic carbocycles. The van der Waals surface area contributed by atoms with Gasteiger partial charge in [-0.15, -0.1) is 6.04 Å². The summed E-state index contributed by atoms with van der Waals surface area (Å²) in [6, 6.07) is 8.72. The first-order chi connectivity index (χ1) is 6.22. The van der Waals surface area contributed by atoms with Crippen LogP contribution in [0.15, 0.2) is 24.3 Å². The molecule has 1 N–H and O–H groups in total. The predicted molar refractivity (Wildman–Crippen MR) is 50.4 cm³/mol. The van der Waals surface area contributed by atoms with Crippen LogP contribution in [0.4, 0.5) is 0 Å². The molecule has 4 heteroatoms. The minimum atomic E-state index is -0.245. The molecule has 1 atom stereocenters. The molecule has 1 aromatic carbocycles. The summed E-state index contributed by atoms with van der Waals surface area (Å²) in [5, 5.41) is 8.60. The summed E-state index contributed by atoms with van der Waals surface area (Å²) in [7, 11) is 0. The van der Waals surface area contributed by atoms with Gasteiger partial charge in [-0.25, -0.2) is 0 Å². The maximum absolute atomic E-state index is 8.60. The summed E-state index contributed by atoms with van der Waals surface area (Å²) in [6.45, 7) is 2.11.